The Labute approximate surface area is 206 Å². The van der Waals surface area contributed by atoms with Gasteiger partial charge in [0.15, 0.2) is 11.6 Å². The molecular formula is C27H22F2N4O3. The number of nitrogens with zero attached hydrogens (tertiary/aromatic N) is 3. The fourth-order valence-corrected chi connectivity index (χ4v) is 4.18. The van der Waals surface area contributed by atoms with E-state index in [2.05, 4.69) is 15.5 Å². The molecule has 0 saturated carbocycles. The zero-order valence-electron chi connectivity index (χ0n) is 19.8. The topological polar surface area (TPSA) is 80.5 Å². The summed E-state index contributed by atoms with van der Waals surface area (Å²) in [6.07, 6.45) is 0. The zero-order valence-corrected chi connectivity index (χ0v) is 19.8. The molecule has 0 spiro atoms. The Balaban J connectivity index is 1.65. The second-order valence-electron chi connectivity index (χ2n) is 8.38. The predicted molar refractivity (Wildman–Crippen MR) is 130 cm³/mol. The van der Waals surface area contributed by atoms with Gasteiger partial charge in [0, 0.05) is 17.3 Å². The van der Waals surface area contributed by atoms with E-state index >= 15 is 0 Å². The van der Waals surface area contributed by atoms with E-state index in [1.807, 2.05) is 43.3 Å². The molecule has 182 valence electrons. The van der Waals surface area contributed by atoms with Crippen molar-refractivity contribution >= 4 is 17.3 Å². The van der Waals surface area contributed by atoms with Crippen LogP contribution in [0.25, 0.3) is 17.0 Å². The van der Waals surface area contributed by atoms with Gasteiger partial charge in [0.2, 0.25) is 5.82 Å². The Morgan fingerprint density at radius 3 is 2.50 bits per heavy atom. The van der Waals surface area contributed by atoms with Gasteiger partial charge in [0.25, 0.3) is 5.89 Å². The van der Waals surface area contributed by atoms with Gasteiger partial charge in [-0.05, 0) is 43.7 Å². The smallest absolute Gasteiger partial charge is 0.327 e. The van der Waals surface area contributed by atoms with Crippen molar-refractivity contribution in [2.24, 2.45) is 0 Å². The molecule has 1 aliphatic heterocycles. The number of rotatable bonds is 5. The van der Waals surface area contributed by atoms with Crippen molar-refractivity contribution in [3.05, 3.63) is 101 Å². The molecule has 0 radical (unpaired) electrons. The van der Waals surface area contributed by atoms with E-state index in [1.165, 1.54) is 11.0 Å². The number of anilines is 1. The third kappa shape index (κ3) is 4.19. The minimum Gasteiger partial charge on any atom is -0.497 e. The first-order chi connectivity index (χ1) is 17.4. The maximum Gasteiger partial charge on any atom is 0.327 e. The average molecular weight is 488 g/mol. The fraction of sp³-hybridized carbons (Fsp3) is 0.148. The molecule has 1 aliphatic rings. The van der Waals surface area contributed by atoms with Crippen LogP contribution >= 0.6 is 0 Å². The molecule has 1 atom stereocenters. The second-order valence-corrected chi connectivity index (χ2v) is 8.38. The summed E-state index contributed by atoms with van der Waals surface area (Å²) >= 11 is 0. The number of carbonyl (C=O) groups excluding carboxylic acids is 1. The number of urea groups is 1. The molecule has 0 fully saturated rings. The number of nitrogens with one attached hydrogen (secondary N) is 1. The van der Waals surface area contributed by atoms with Crippen LogP contribution in [-0.2, 0) is 0 Å². The third-order valence-corrected chi connectivity index (χ3v) is 6.04. The average Bonchev–Trinajstić information content (AvgIpc) is 3.36. The Hall–Kier alpha value is -4.53. The number of halogens is 2. The van der Waals surface area contributed by atoms with Gasteiger partial charge in [0.1, 0.15) is 5.75 Å². The van der Waals surface area contributed by atoms with Gasteiger partial charge >= 0.3 is 6.03 Å². The lowest BCUT2D eigenvalue weighted by Gasteiger charge is -2.35. The zero-order chi connectivity index (χ0) is 25.4. The number of amides is 2. The molecule has 2 amide bonds. The van der Waals surface area contributed by atoms with E-state index in [4.69, 9.17) is 9.26 Å². The first-order valence-corrected chi connectivity index (χ1v) is 11.2. The molecule has 7 nitrogen and oxygen atoms in total. The first-order valence-electron chi connectivity index (χ1n) is 11.2. The molecule has 2 heterocycles. The van der Waals surface area contributed by atoms with Crippen LogP contribution < -0.4 is 15.0 Å². The van der Waals surface area contributed by atoms with Crippen LogP contribution in [0.2, 0.25) is 0 Å². The van der Waals surface area contributed by atoms with Crippen molar-refractivity contribution in [1.82, 2.24) is 15.5 Å². The number of aryl methyl sites for hydroxylation is 1. The van der Waals surface area contributed by atoms with Crippen LogP contribution in [0.15, 0.2) is 77.0 Å². The van der Waals surface area contributed by atoms with Crippen molar-refractivity contribution < 1.29 is 22.8 Å². The molecule has 36 heavy (non-hydrogen) atoms. The first kappa shape index (κ1) is 23.2. The molecule has 0 saturated heterocycles. The summed E-state index contributed by atoms with van der Waals surface area (Å²) in [5.41, 5.74) is 3.68. The summed E-state index contributed by atoms with van der Waals surface area (Å²) in [6, 6.07) is 17.1. The lowest BCUT2D eigenvalue weighted by Crippen LogP contribution is -2.46. The van der Waals surface area contributed by atoms with Gasteiger partial charge in [0.05, 0.1) is 24.4 Å². The summed E-state index contributed by atoms with van der Waals surface area (Å²) in [5, 5.41) is 7.09. The molecule has 5 rings (SSSR count). The van der Waals surface area contributed by atoms with Gasteiger partial charge in [-0.2, -0.15) is 4.98 Å². The minimum absolute atomic E-state index is 0.163. The molecule has 1 aromatic heterocycles. The van der Waals surface area contributed by atoms with Crippen molar-refractivity contribution in [1.29, 1.82) is 0 Å². The van der Waals surface area contributed by atoms with E-state index in [0.717, 1.165) is 23.3 Å². The van der Waals surface area contributed by atoms with Crippen molar-refractivity contribution in [3.63, 3.8) is 0 Å². The molecule has 3 aromatic carbocycles. The molecule has 9 heteroatoms. The number of methoxy groups -OCH3 is 1. The number of hydrogen-bond acceptors (Lipinski definition) is 5. The standard InChI is InChI=1S/C27H22F2N4O3/c1-15-7-9-17(10-8-15)24-23(26-31-25(32-36-26)18-5-4-6-20(13-18)35-3)16(2)33(27(34)30-24)19-11-12-21(28)22(29)14-19/h4-14,24H,1-3H3,(H,30,34). The number of ether oxygens (including phenoxy) is 1. The molecule has 0 bridgehead atoms. The van der Waals surface area contributed by atoms with E-state index in [-0.39, 0.29) is 11.6 Å². The molecule has 1 unspecified atom stereocenters. The highest BCUT2D eigenvalue weighted by molar-refractivity contribution is 6.01. The second kappa shape index (κ2) is 9.26. The van der Waals surface area contributed by atoms with Crippen LogP contribution in [-0.4, -0.2) is 23.3 Å². The predicted octanol–water partition coefficient (Wildman–Crippen LogP) is 6.03. The summed E-state index contributed by atoms with van der Waals surface area (Å²) in [7, 11) is 1.57. The molecule has 4 aromatic rings. The normalized spacial score (nSPS) is 15.8. The van der Waals surface area contributed by atoms with E-state index in [9.17, 15) is 13.6 Å². The Kier molecular flexibility index (Phi) is 5.97. The SMILES string of the molecule is COc1cccc(-c2noc(C3=C(C)N(c4ccc(F)c(F)c4)C(=O)NC3c3ccc(C)cc3)n2)c1. The lowest BCUT2D eigenvalue weighted by molar-refractivity contribution is 0.244. The monoisotopic (exact) mass is 488 g/mol. The minimum atomic E-state index is -1.06. The van der Waals surface area contributed by atoms with Gasteiger partial charge < -0.3 is 14.6 Å². The number of hydrogen-bond donors (Lipinski definition) is 1. The van der Waals surface area contributed by atoms with Gasteiger partial charge in [-0.1, -0.05) is 47.1 Å². The van der Waals surface area contributed by atoms with Crippen molar-refractivity contribution in [2.75, 3.05) is 12.0 Å². The number of benzene rings is 3. The van der Waals surface area contributed by atoms with Crippen LogP contribution in [0, 0.1) is 18.6 Å². The van der Waals surface area contributed by atoms with Crippen LogP contribution in [0.1, 0.15) is 30.0 Å². The molecular weight excluding hydrogens is 466 g/mol. The lowest BCUT2D eigenvalue weighted by atomic mass is 9.94. The van der Waals surface area contributed by atoms with Gasteiger partial charge in [-0.3, -0.25) is 4.90 Å². The number of allylic oxidation sites excluding steroid dienone is 1. The quantitative estimate of drug-likeness (QED) is 0.371. The van der Waals surface area contributed by atoms with Crippen LogP contribution in [0.3, 0.4) is 0 Å². The fourth-order valence-electron chi connectivity index (χ4n) is 4.18. The third-order valence-electron chi connectivity index (χ3n) is 6.04. The largest absolute Gasteiger partial charge is 0.497 e. The maximum absolute atomic E-state index is 14.0. The van der Waals surface area contributed by atoms with E-state index in [0.29, 0.717) is 28.4 Å². The van der Waals surface area contributed by atoms with Crippen LogP contribution in [0.5, 0.6) is 5.75 Å². The van der Waals surface area contributed by atoms with E-state index < -0.39 is 23.7 Å². The molecule has 0 aliphatic carbocycles. The van der Waals surface area contributed by atoms with Crippen molar-refractivity contribution in [3.8, 4) is 17.1 Å². The number of aromatic nitrogens is 2. The molecule has 1 N–H and O–H groups in total. The highest BCUT2D eigenvalue weighted by atomic mass is 19.2. The van der Waals surface area contributed by atoms with Crippen LogP contribution in [0.4, 0.5) is 19.3 Å². The Morgan fingerprint density at radius 1 is 1.00 bits per heavy atom. The summed E-state index contributed by atoms with van der Waals surface area (Å²) in [6.45, 7) is 3.67. The summed E-state index contributed by atoms with van der Waals surface area (Å²) < 4.78 is 38.6. The summed E-state index contributed by atoms with van der Waals surface area (Å²) in [5.74, 6) is -0.906. The Bertz CT molecular complexity index is 1480. The van der Waals surface area contributed by atoms with Crippen molar-refractivity contribution in [2.45, 2.75) is 19.9 Å². The maximum atomic E-state index is 14.0. The van der Waals surface area contributed by atoms with Gasteiger partial charge in [-0.15, -0.1) is 0 Å². The summed E-state index contributed by atoms with van der Waals surface area (Å²) in [4.78, 5) is 19.1. The highest BCUT2D eigenvalue weighted by Gasteiger charge is 2.36. The Morgan fingerprint density at radius 2 is 1.78 bits per heavy atom. The van der Waals surface area contributed by atoms with E-state index in [1.54, 1.807) is 26.2 Å². The van der Waals surface area contributed by atoms with Gasteiger partial charge in [-0.25, -0.2) is 13.6 Å². The highest BCUT2D eigenvalue weighted by Crippen LogP contribution is 2.39. The number of carbonyl (C=O) groups is 1.